The third kappa shape index (κ3) is 4.04. The second-order valence-electron chi connectivity index (χ2n) is 5.34. The van der Waals surface area contributed by atoms with Crippen LogP contribution in [-0.4, -0.2) is 17.3 Å². The fourth-order valence-electron chi connectivity index (χ4n) is 1.96. The molecule has 1 aromatic rings. The van der Waals surface area contributed by atoms with Crippen molar-refractivity contribution in [2.45, 2.75) is 44.0 Å². The first kappa shape index (κ1) is 13.5. The van der Waals surface area contributed by atoms with E-state index < -0.39 is 0 Å². The second kappa shape index (κ2) is 5.77. The van der Waals surface area contributed by atoms with E-state index in [9.17, 15) is 5.26 Å². The Labute approximate surface area is 114 Å². The van der Waals surface area contributed by atoms with E-state index in [-0.39, 0.29) is 5.54 Å². The van der Waals surface area contributed by atoms with E-state index in [0.717, 1.165) is 11.5 Å². The molecular weight excluding hydrogens is 240 g/mol. The molecule has 0 aliphatic heterocycles. The van der Waals surface area contributed by atoms with Gasteiger partial charge in [0.25, 0.3) is 0 Å². The van der Waals surface area contributed by atoms with Crippen LogP contribution in [0.15, 0.2) is 24.3 Å². The van der Waals surface area contributed by atoms with Crippen LogP contribution in [0.4, 0.5) is 0 Å². The number of thioether (sulfide) groups is 1. The molecule has 1 aliphatic carbocycles. The molecule has 1 aliphatic rings. The maximum absolute atomic E-state index is 9.28. The summed E-state index contributed by atoms with van der Waals surface area (Å²) in [7, 11) is 0. The van der Waals surface area contributed by atoms with E-state index in [2.05, 4.69) is 42.6 Å². The summed E-state index contributed by atoms with van der Waals surface area (Å²) in [5.74, 6) is 1.82. The van der Waals surface area contributed by atoms with Gasteiger partial charge in [0, 0.05) is 17.5 Å². The molecule has 0 heterocycles. The van der Waals surface area contributed by atoms with Gasteiger partial charge < -0.3 is 0 Å². The zero-order chi connectivity index (χ0) is 13.0. The minimum Gasteiger partial charge on any atom is -0.296 e. The molecule has 0 radical (unpaired) electrons. The molecule has 1 unspecified atom stereocenters. The van der Waals surface area contributed by atoms with Crippen LogP contribution in [0.2, 0.25) is 0 Å². The molecule has 1 N–H and O–H groups in total. The molecule has 0 aromatic heterocycles. The smallest absolute Gasteiger partial charge is 0.113 e. The second-order valence-corrected chi connectivity index (χ2v) is 6.33. The molecule has 1 fully saturated rings. The molecule has 0 amide bonds. The van der Waals surface area contributed by atoms with E-state index in [0.29, 0.717) is 6.04 Å². The molecule has 0 bridgehead atoms. The maximum atomic E-state index is 9.28. The van der Waals surface area contributed by atoms with Gasteiger partial charge in [-0.15, -0.1) is 0 Å². The number of rotatable bonds is 6. The Balaban J connectivity index is 1.81. The van der Waals surface area contributed by atoms with Crippen LogP contribution in [0.25, 0.3) is 0 Å². The van der Waals surface area contributed by atoms with Gasteiger partial charge in [-0.2, -0.15) is 17.0 Å². The summed E-state index contributed by atoms with van der Waals surface area (Å²) < 4.78 is 0. The van der Waals surface area contributed by atoms with Gasteiger partial charge in [-0.05, 0) is 32.3 Å². The Morgan fingerprint density at radius 2 is 2.28 bits per heavy atom. The van der Waals surface area contributed by atoms with Crippen molar-refractivity contribution in [3.63, 3.8) is 0 Å². The fraction of sp³-hybridized carbons (Fsp3) is 0.533. The molecule has 96 valence electrons. The Morgan fingerprint density at radius 3 is 2.89 bits per heavy atom. The number of benzene rings is 1. The number of hydrogen-bond acceptors (Lipinski definition) is 3. The number of nitrogens with zero attached hydrogens (tertiary/aromatic N) is 1. The van der Waals surface area contributed by atoms with Crippen LogP contribution < -0.4 is 5.32 Å². The first-order chi connectivity index (χ1) is 8.61. The molecule has 18 heavy (non-hydrogen) atoms. The van der Waals surface area contributed by atoms with E-state index in [1.54, 1.807) is 0 Å². The van der Waals surface area contributed by atoms with Gasteiger partial charge in [0.2, 0.25) is 0 Å². The van der Waals surface area contributed by atoms with E-state index >= 15 is 0 Å². The largest absolute Gasteiger partial charge is 0.296 e. The first-order valence-corrected chi connectivity index (χ1v) is 7.59. The first-order valence-electron chi connectivity index (χ1n) is 6.43. The summed E-state index contributed by atoms with van der Waals surface area (Å²) in [6.45, 7) is 4.12. The lowest BCUT2D eigenvalue weighted by molar-refractivity contribution is 0.490. The third-order valence-electron chi connectivity index (χ3n) is 3.09. The van der Waals surface area contributed by atoms with Gasteiger partial charge in [0.1, 0.15) is 5.54 Å². The van der Waals surface area contributed by atoms with Crippen LogP contribution in [0, 0.1) is 18.3 Å². The third-order valence-corrected chi connectivity index (χ3v) is 4.41. The molecule has 1 atom stereocenters. The lowest BCUT2D eigenvalue weighted by Crippen LogP contribution is -2.44. The quantitative estimate of drug-likeness (QED) is 0.852. The molecular formula is C15H20N2S. The van der Waals surface area contributed by atoms with E-state index in [4.69, 9.17) is 0 Å². The van der Waals surface area contributed by atoms with Gasteiger partial charge in [-0.3, -0.25) is 5.32 Å². The summed E-state index contributed by atoms with van der Waals surface area (Å²) in [4.78, 5) is 0. The molecule has 2 rings (SSSR count). The standard InChI is InChI=1S/C15H20N2S/c1-12-4-3-5-13(8-12)9-18-11-15(2,10-16)17-14-6-7-14/h3-5,8,14,17H,6-7,9,11H2,1-2H3. The highest BCUT2D eigenvalue weighted by molar-refractivity contribution is 7.98. The molecule has 1 saturated carbocycles. The molecule has 0 saturated heterocycles. The normalized spacial score (nSPS) is 18.1. The highest BCUT2D eigenvalue weighted by Crippen LogP contribution is 2.25. The van der Waals surface area contributed by atoms with Gasteiger partial charge >= 0.3 is 0 Å². The highest BCUT2D eigenvalue weighted by Gasteiger charge is 2.32. The average Bonchev–Trinajstić information content (AvgIpc) is 3.13. The summed E-state index contributed by atoms with van der Waals surface area (Å²) in [6, 6.07) is 11.6. The predicted molar refractivity (Wildman–Crippen MR) is 77.5 cm³/mol. The van der Waals surface area contributed by atoms with Crippen molar-refractivity contribution >= 4 is 11.8 Å². The van der Waals surface area contributed by atoms with Crippen molar-refractivity contribution in [3.8, 4) is 6.07 Å². The summed E-state index contributed by atoms with van der Waals surface area (Å²) in [5, 5.41) is 12.7. The maximum Gasteiger partial charge on any atom is 0.113 e. The Hall–Kier alpha value is -0.980. The SMILES string of the molecule is Cc1cccc(CSCC(C)(C#N)NC2CC2)c1. The number of nitrogens with one attached hydrogen (secondary N) is 1. The van der Waals surface area contributed by atoms with Crippen molar-refractivity contribution in [2.75, 3.05) is 5.75 Å². The zero-order valence-electron chi connectivity index (χ0n) is 11.1. The topological polar surface area (TPSA) is 35.8 Å². The van der Waals surface area contributed by atoms with Gasteiger partial charge in [0.05, 0.1) is 6.07 Å². The molecule has 3 heteroatoms. The highest BCUT2D eigenvalue weighted by atomic mass is 32.2. The van der Waals surface area contributed by atoms with Gasteiger partial charge in [-0.25, -0.2) is 0 Å². The van der Waals surface area contributed by atoms with Crippen molar-refractivity contribution in [1.82, 2.24) is 5.32 Å². The van der Waals surface area contributed by atoms with Crippen LogP contribution >= 0.6 is 11.8 Å². The number of aryl methyl sites for hydroxylation is 1. The molecule has 0 spiro atoms. The van der Waals surface area contributed by atoms with Crippen molar-refractivity contribution < 1.29 is 0 Å². The monoisotopic (exact) mass is 260 g/mol. The van der Waals surface area contributed by atoms with Gasteiger partial charge in [-0.1, -0.05) is 29.8 Å². The number of hydrogen-bond donors (Lipinski definition) is 1. The van der Waals surface area contributed by atoms with Crippen LogP contribution in [0.5, 0.6) is 0 Å². The summed E-state index contributed by atoms with van der Waals surface area (Å²) in [5.41, 5.74) is 2.26. The van der Waals surface area contributed by atoms with Crippen LogP contribution in [0.1, 0.15) is 30.9 Å². The Bertz CT molecular complexity index is 448. The van der Waals surface area contributed by atoms with E-state index in [1.165, 1.54) is 24.0 Å². The fourth-order valence-corrected chi connectivity index (χ4v) is 3.03. The minimum atomic E-state index is -0.379. The average molecular weight is 260 g/mol. The Kier molecular flexibility index (Phi) is 4.31. The number of nitriles is 1. The predicted octanol–water partition coefficient (Wildman–Crippen LogP) is 3.26. The van der Waals surface area contributed by atoms with Crippen molar-refractivity contribution in [2.24, 2.45) is 0 Å². The lowest BCUT2D eigenvalue weighted by Gasteiger charge is -2.22. The molecule has 1 aromatic carbocycles. The summed E-state index contributed by atoms with van der Waals surface area (Å²) >= 11 is 1.83. The van der Waals surface area contributed by atoms with E-state index in [1.807, 2.05) is 18.7 Å². The molecule has 2 nitrogen and oxygen atoms in total. The minimum absolute atomic E-state index is 0.379. The summed E-state index contributed by atoms with van der Waals surface area (Å²) in [6.07, 6.45) is 2.44. The van der Waals surface area contributed by atoms with Crippen LogP contribution in [0.3, 0.4) is 0 Å². The lowest BCUT2D eigenvalue weighted by atomic mass is 10.1. The Morgan fingerprint density at radius 1 is 1.50 bits per heavy atom. The zero-order valence-corrected chi connectivity index (χ0v) is 11.9. The van der Waals surface area contributed by atoms with Crippen LogP contribution in [-0.2, 0) is 5.75 Å². The van der Waals surface area contributed by atoms with Gasteiger partial charge in [0.15, 0.2) is 0 Å². The van der Waals surface area contributed by atoms with Crippen molar-refractivity contribution in [1.29, 1.82) is 5.26 Å². The van der Waals surface area contributed by atoms with Crippen molar-refractivity contribution in [3.05, 3.63) is 35.4 Å².